The second-order valence-electron chi connectivity index (χ2n) is 8.51. The van der Waals surface area contributed by atoms with Crippen molar-refractivity contribution in [3.05, 3.63) is 65.0 Å². The number of hydrogen-bond acceptors (Lipinski definition) is 1. The Kier molecular flexibility index (Phi) is 12.9. The van der Waals surface area contributed by atoms with Gasteiger partial charge in [-0.05, 0) is 29.2 Å². The number of alkyl halides is 6. The quantitative estimate of drug-likeness (QED) is 0.353. The summed E-state index contributed by atoms with van der Waals surface area (Å²) in [6, 6.07) is 7.54. The molecule has 0 aliphatic heterocycles. The Labute approximate surface area is 189 Å². The van der Waals surface area contributed by atoms with Crippen molar-refractivity contribution in [3.8, 4) is 0 Å². The standard InChI is InChI=1S/C11H13F3.C10H12F3N.2C2H6/c1-10(2,3)8-5-4-6-9(7-8)11(12,13)14;1-9(2,3)8-6-7(4-5-14-8)10(11,12)13;2*1-2/h4-7H,1-3H3;4-6H,1-3H3;2*1-2H3. The summed E-state index contributed by atoms with van der Waals surface area (Å²) >= 11 is 0. The topological polar surface area (TPSA) is 12.9 Å². The average Bonchev–Trinajstić information content (AvgIpc) is 2.69. The van der Waals surface area contributed by atoms with Gasteiger partial charge >= 0.3 is 12.4 Å². The number of hydrogen-bond donors (Lipinski definition) is 0. The van der Waals surface area contributed by atoms with E-state index in [0.717, 1.165) is 18.2 Å². The number of aromatic nitrogens is 1. The Morgan fingerprint density at radius 2 is 0.969 bits per heavy atom. The second kappa shape index (κ2) is 12.9. The molecule has 1 heterocycles. The molecule has 184 valence electrons. The largest absolute Gasteiger partial charge is 0.416 e. The molecule has 0 atom stereocenters. The molecule has 1 nitrogen and oxygen atoms in total. The summed E-state index contributed by atoms with van der Waals surface area (Å²) in [5, 5.41) is 0. The molecular weight excluding hydrogens is 428 g/mol. The number of benzene rings is 1. The lowest BCUT2D eigenvalue weighted by atomic mass is 9.86. The van der Waals surface area contributed by atoms with Gasteiger partial charge < -0.3 is 0 Å². The van der Waals surface area contributed by atoms with Gasteiger partial charge in [-0.25, -0.2) is 0 Å². The molecule has 0 saturated carbocycles. The van der Waals surface area contributed by atoms with Crippen molar-refractivity contribution in [1.82, 2.24) is 4.98 Å². The molecule has 0 unspecified atom stereocenters. The van der Waals surface area contributed by atoms with E-state index >= 15 is 0 Å². The zero-order chi connectivity index (χ0) is 26.0. The van der Waals surface area contributed by atoms with Crippen LogP contribution in [0.1, 0.15) is 91.6 Å². The third-order valence-corrected chi connectivity index (χ3v) is 3.91. The minimum Gasteiger partial charge on any atom is -0.261 e. The van der Waals surface area contributed by atoms with Gasteiger partial charge in [0.2, 0.25) is 0 Å². The van der Waals surface area contributed by atoms with Gasteiger partial charge in [-0.1, -0.05) is 87.4 Å². The lowest BCUT2D eigenvalue weighted by Crippen LogP contribution is -2.15. The number of nitrogens with zero attached hydrogens (tertiary/aromatic N) is 1. The molecule has 1 aromatic carbocycles. The Morgan fingerprint density at radius 1 is 0.562 bits per heavy atom. The van der Waals surface area contributed by atoms with Gasteiger partial charge in [0.1, 0.15) is 0 Å². The smallest absolute Gasteiger partial charge is 0.261 e. The van der Waals surface area contributed by atoms with Gasteiger partial charge in [-0.15, -0.1) is 0 Å². The molecule has 0 amide bonds. The summed E-state index contributed by atoms with van der Waals surface area (Å²) in [5.41, 5.74) is -0.676. The summed E-state index contributed by atoms with van der Waals surface area (Å²) in [5.74, 6) is 0. The number of halogens is 6. The fourth-order valence-corrected chi connectivity index (χ4v) is 2.18. The Balaban J connectivity index is 0. The van der Waals surface area contributed by atoms with E-state index in [0.29, 0.717) is 11.3 Å². The zero-order valence-corrected chi connectivity index (χ0v) is 20.8. The van der Waals surface area contributed by atoms with Gasteiger partial charge in [0.15, 0.2) is 0 Å². The highest BCUT2D eigenvalue weighted by atomic mass is 19.4. The highest BCUT2D eigenvalue weighted by Gasteiger charge is 2.32. The van der Waals surface area contributed by atoms with E-state index in [1.54, 1.807) is 6.07 Å². The van der Waals surface area contributed by atoms with Crippen LogP contribution in [0.5, 0.6) is 0 Å². The first-order valence-electron chi connectivity index (χ1n) is 10.6. The second-order valence-corrected chi connectivity index (χ2v) is 8.51. The van der Waals surface area contributed by atoms with Crippen LogP contribution in [0.15, 0.2) is 42.6 Å². The van der Waals surface area contributed by atoms with Crippen molar-refractivity contribution in [2.24, 2.45) is 0 Å². The van der Waals surface area contributed by atoms with Crippen molar-refractivity contribution >= 4 is 0 Å². The first kappa shape index (κ1) is 32.1. The Bertz CT molecular complexity index is 652. The summed E-state index contributed by atoms with van der Waals surface area (Å²) in [7, 11) is 0. The van der Waals surface area contributed by atoms with E-state index in [-0.39, 0.29) is 10.8 Å². The highest BCUT2D eigenvalue weighted by molar-refractivity contribution is 5.30. The van der Waals surface area contributed by atoms with Gasteiger partial charge in [-0.2, -0.15) is 26.3 Å². The predicted octanol–water partition coefficient (Wildman–Crippen LogP) is 9.45. The van der Waals surface area contributed by atoms with E-state index in [2.05, 4.69) is 4.98 Å². The van der Waals surface area contributed by atoms with E-state index in [4.69, 9.17) is 0 Å². The maximum Gasteiger partial charge on any atom is 0.416 e. The van der Waals surface area contributed by atoms with E-state index in [9.17, 15) is 26.3 Å². The van der Waals surface area contributed by atoms with Crippen LogP contribution in [0.2, 0.25) is 0 Å². The molecule has 0 radical (unpaired) electrons. The Morgan fingerprint density at radius 3 is 1.34 bits per heavy atom. The summed E-state index contributed by atoms with van der Waals surface area (Å²) in [4.78, 5) is 3.92. The molecule has 0 bridgehead atoms. The lowest BCUT2D eigenvalue weighted by molar-refractivity contribution is -0.138. The summed E-state index contributed by atoms with van der Waals surface area (Å²) in [6.45, 7) is 19.2. The van der Waals surface area contributed by atoms with Crippen LogP contribution in [-0.4, -0.2) is 4.98 Å². The third-order valence-electron chi connectivity index (χ3n) is 3.91. The minimum atomic E-state index is -4.29. The third kappa shape index (κ3) is 11.5. The van der Waals surface area contributed by atoms with E-state index in [1.165, 1.54) is 18.3 Å². The van der Waals surface area contributed by atoms with Crippen molar-refractivity contribution in [2.45, 2.75) is 92.4 Å². The van der Waals surface area contributed by atoms with Gasteiger partial charge in [-0.3, -0.25) is 4.98 Å². The van der Waals surface area contributed by atoms with Crippen LogP contribution in [0.4, 0.5) is 26.3 Å². The van der Waals surface area contributed by atoms with E-state index in [1.807, 2.05) is 69.2 Å². The molecule has 0 fully saturated rings. The van der Waals surface area contributed by atoms with Crippen LogP contribution in [0.25, 0.3) is 0 Å². The molecule has 2 aromatic rings. The maximum atomic E-state index is 12.4. The molecule has 1 aromatic heterocycles. The summed E-state index contributed by atoms with van der Waals surface area (Å²) < 4.78 is 74.1. The molecule has 0 spiro atoms. The van der Waals surface area contributed by atoms with Crippen molar-refractivity contribution in [2.75, 3.05) is 0 Å². The first-order chi connectivity index (χ1) is 14.4. The monoisotopic (exact) mass is 465 g/mol. The molecule has 32 heavy (non-hydrogen) atoms. The van der Waals surface area contributed by atoms with E-state index < -0.39 is 23.5 Å². The molecular formula is C25H37F6N. The number of pyridine rings is 1. The first-order valence-corrected chi connectivity index (χ1v) is 10.6. The Hall–Kier alpha value is -2.05. The molecule has 2 rings (SSSR count). The molecule has 0 N–H and O–H groups in total. The SMILES string of the molecule is CC.CC.CC(C)(C)c1cc(C(F)(F)F)ccn1.CC(C)(C)c1cccc(C(F)(F)F)c1. The predicted molar refractivity (Wildman–Crippen MR) is 121 cm³/mol. The van der Waals surface area contributed by atoms with Crippen LogP contribution in [0, 0.1) is 0 Å². The van der Waals surface area contributed by atoms with Crippen molar-refractivity contribution < 1.29 is 26.3 Å². The minimum absolute atomic E-state index is 0.249. The number of rotatable bonds is 0. The molecule has 7 heteroatoms. The van der Waals surface area contributed by atoms with Crippen LogP contribution >= 0.6 is 0 Å². The zero-order valence-electron chi connectivity index (χ0n) is 20.8. The van der Waals surface area contributed by atoms with Gasteiger partial charge in [0, 0.05) is 17.3 Å². The van der Waals surface area contributed by atoms with Crippen LogP contribution in [-0.2, 0) is 23.2 Å². The lowest BCUT2D eigenvalue weighted by Gasteiger charge is -2.20. The highest BCUT2D eigenvalue weighted by Crippen LogP contribution is 2.33. The normalized spacial score (nSPS) is 11.8. The van der Waals surface area contributed by atoms with Crippen LogP contribution in [0.3, 0.4) is 0 Å². The summed E-state index contributed by atoms with van der Waals surface area (Å²) in [6.07, 6.45) is -7.34. The van der Waals surface area contributed by atoms with Crippen molar-refractivity contribution in [1.29, 1.82) is 0 Å². The maximum absolute atomic E-state index is 12.4. The van der Waals surface area contributed by atoms with Gasteiger partial charge in [0.05, 0.1) is 11.1 Å². The fourth-order valence-electron chi connectivity index (χ4n) is 2.18. The molecule has 0 aliphatic carbocycles. The molecule has 0 saturated heterocycles. The molecule has 0 aliphatic rings. The van der Waals surface area contributed by atoms with Crippen LogP contribution < -0.4 is 0 Å². The average molecular weight is 466 g/mol. The van der Waals surface area contributed by atoms with Gasteiger partial charge in [0.25, 0.3) is 0 Å². The fraction of sp³-hybridized carbons (Fsp3) is 0.560. The van der Waals surface area contributed by atoms with Crippen molar-refractivity contribution in [3.63, 3.8) is 0 Å².